The zero-order valence-electron chi connectivity index (χ0n) is 20.1. The van der Waals surface area contributed by atoms with Crippen molar-refractivity contribution in [3.05, 3.63) is 99.8 Å². The molecule has 1 fully saturated rings. The van der Waals surface area contributed by atoms with Gasteiger partial charge in [0.2, 0.25) is 0 Å². The number of halogens is 1. The number of amides is 1. The molecular weight excluding hydrogens is 462 g/mol. The molecule has 0 bridgehead atoms. The molecule has 1 amide bonds. The fourth-order valence-electron chi connectivity index (χ4n) is 4.64. The molecule has 1 saturated heterocycles. The molecule has 7 heteroatoms. The molecule has 1 aliphatic heterocycles. The second kappa shape index (κ2) is 11.3. The van der Waals surface area contributed by atoms with Crippen LogP contribution in [0.15, 0.2) is 66.9 Å². The summed E-state index contributed by atoms with van der Waals surface area (Å²) in [6.45, 7) is 2.20. The van der Waals surface area contributed by atoms with Crippen molar-refractivity contribution in [2.75, 3.05) is 7.05 Å². The van der Waals surface area contributed by atoms with Gasteiger partial charge in [0, 0.05) is 43.0 Å². The monoisotopic (exact) mass is 493 g/mol. The summed E-state index contributed by atoms with van der Waals surface area (Å²) in [7, 11) is 1.79. The summed E-state index contributed by atoms with van der Waals surface area (Å²) >= 11 is 5.85. The lowest BCUT2D eigenvalue weighted by Crippen LogP contribution is -2.35. The molecule has 3 N–H and O–H groups in total. The molecular formula is C28H32ClN3O3. The van der Waals surface area contributed by atoms with Crippen LogP contribution in [0.1, 0.15) is 64.6 Å². The number of hydrogen-bond acceptors (Lipinski definition) is 5. The predicted molar refractivity (Wildman–Crippen MR) is 137 cm³/mol. The fourth-order valence-corrected chi connectivity index (χ4v) is 4.75. The lowest BCUT2D eigenvalue weighted by molar-refractivity contribution is 0.0785. The minimum atomic E-state index is -0.624. The van der Waals surface area contributed by atoms with Gasteiger partial charge in [-0.05, 0) is 61.1 Å². The summed E-state index contributed by atoms with van der Waals surface area (Å²) in [6.07, 6.45) is 3.15. The van der Waals surface area contributed by atoms with Crippen LogP contribution in [0.25, 0.3) is 0 Å². The van der Waals surface area contributed by atoms with Gasteiger partial charge in [0.1, 0.15) is 5.15 Å². The van der Waals surface area contributed by atoms with Gasteiger partial charge in [-0.25, -0.2) is 4.98 Å². The third-order valence-corrected chi connectivity index (χ3v) is 6.86. The van der Waals surface area contributed by atoms with Crippen molar-refractivity contribution in [2.24, 2.45) is 0 Å². The number of carbonyl (C=O) groups is 1. The lowest BCUT2D eigenvalue weighted by atomic mass is 10.0. The van der Waals surface area contributed by atoms with Crippen molar-refractivity contribution < 1.29 is 15.0 Å². The van der Waals surface area contributed by atoms with Crippen LogP contribution in [-0.2, 0) is 13.0 Å². The average Bonchev–Trinajstić information content (AvgIpc) is 3.32. The number of aliphatic hydroxyl groups is 2. The number of rotatable bonds is 8. The van der Waals surface area contributed by atoms with Gasteiger partial charge in [0.25, 0.3) is 5.91 Å². The van der Waals surface area contributed by atoms with Gasteiger partial charge in [0.15, 0.2) is 0 Å². The molecule has 2 heterocycles. The van der Waals surface area contributed by atoms with Gasteiger partial charge in [-0.1, -0.05) is 54.1 Å². The Morgan fingerprint density at radius 1 is 1.09 bits per heavy atom. The second-order valence-electron chi connectivity index (χ2n) is 9.39. The summed E-state index contributed by atoms with van der Waals surface area (Å²) in [5, 5.41) is 24.4. The topological polar surface area (TPSA) is 85.7 Å². The molecule has 1 unspecified atom stereocenters. The molecule has 4 atom stereocenters. The standard InChI is InChI=1S/C28H32ClN3O3/c1-18(33)22-5-3-4-20(14-22)17-32(2)28(35)21-8-6-19(7-9-21)15-24-11-12-25(31-24)27(34)23-10-13-26(29)30-16-23/h3-10,13-14,16,18,24-25,27,31,33-34H,11-12,15,17H2,1-2H3/t18?,24-,25+,27+/m0/s1. The highest BCUT2D eigenvalue weighted by Crippen LogP contribution is 2.27. The molecule has 0 spiro atoms. The number of aliphatic hydroxyl groups excluding tert-OH is 2. The Bertz CT molecular complexity index is 1130. The van der Waals surface area contributed by atoms with Crippen LogP contribution in [0.4, 0.5) is 0 Å². The van der Waals surface area contributed by atoms with Crippen LogP contribution in [0.3, 0.4) is 0 Å². The van der Waals surface area contributed by atoms with Gasteiger partial charge < -0.3 is 20.4 Å². The number of aromatic nitrogens is 1. The summed E-state index contributed by atoms with van der Waals surface area (Å²) in [6, 6.07) is 19.2. The molecule has 3 aromatic rings. The Hall–Kier alpha value is -2.77. The molecule has 4 rings (SSSR count). The first-order chi connectivity index (χ1) is 16.8. The van der Waals surface area contributed by atoms with Gasteiger partial charge in [0.05, 0.1) is 12.2 Å². The van der Waals surface area contributed by atoms with E-state index in [2.05, 4.69) is 10.3 Å². The number of benzene rings is 2. The van der Waals surface area contributed by atoms with Crippen LogP contribution in [0.2, 0.25) is 5.15 Å². The van der Waals surface area contributed by atoms with E-state index >= 15 is 0 Å². The largest absolute Gasteiger partial charge is 0.389 e. The summed E-state index contributed by atoms with van der Waals surface area (Å²) in [4.78, 5) is 18.7. The molecule has 2 aromatic carbocycles. The third-order valence-electron chi connectivity index (χ3n) is 6.63. The van der Waals surface area contributed by atoms with Crippen molar-refractivity contribution in [3.63, 3.8) is 0 Å². The van der Waals surface area contributed by atoms with E-state index in [9.17, 15) is 15.0 Å². The van der Waals surface area contributed by atoms with Crippen molar-refractivity contribution in [1.82, 2.24) is 15.2 Å². The molecule has 0 saturated carbocycles. The van der Waals surface area contributed by atoms with Crippen molar-refractivity contribution in [1.29, 1.82) is 0 Å². The van der Waals surface area contributed by atoms with E-state index in [1.807, 2.05) is 54.6 Å². The van der Waals surface area contributed by atoms with E-state index in [1.54, 1.807) is 31.1 Å². The number of pyridine rings is 1. The fraction of sp³-hybridized carbons (Fsp3) is 0.357. The van der Waals surface area contributed by atoms with Gasteiger partial charge in [-0.3, -0.25) is 4.79 Å². The molecule has 1 aromatic heterocycles. The maximum absolute atomic E-state index is 12.9. The quantitative estimate of drug-likeness (QED) is 0.403. The van der Waals surface area contributed by atoms with Crippen LogP contribution in [0, 0.1) is 0 Å². The zero-order valence-corrected chi connectivity index (χ0v) is 20.8. The van der Waals surface area contributed by atoms with E-state index in [0.29, 0.717) is 17.3 Å². The average molecular weight is 494 g/mol. The predicted octanol–water partition coefficient (Wildman–Crippen LogP) is 4.46. The maximum atomic E-state index is 12.9. The normalized spacial score (nSPS) is 19.3. The third kappa shape index (κ3) is 6.47. The summed E-state index contributed by atoms with van der Waals surface area (Å²) in [5.41, 5.74) is 4.37. The first kappa shape index (κ1) is 25.3. The van der Waals surface area contributed by atoms with E-state index < -0.39 is 12.2 Å². The number of hydrogen-bond donors (Lipinski definition) is 3. The van der Waals surface area contributed by atoms with Crippen LogP contribution in [-0.4, -0.2) is 45.1 Å². The number of nitrogens with one attached hydrogen (secondary N) is 1. The summed E-state index contributed by atoms with van der Waals surface area (Å²) < 4.78 is 0. The highest BCUT2D eigenvalue weighted by Gasteiger charge is 2.30. The number of carbonyl (C=O) groups excluding carboxylic acids is 1. The van der Waals surface area contributed by atoms with Crippen LogP contribution >= 0.6 is 11.6 Å². The Kier molecular flexibility index (Phi) is 8.19. The van der Waals surface area contributed by atoms with Gasteiger partial charge in [-0.2, -0.15) is 0 Å². The van der Waals surface area contributed by atoms with E-state index in [0.717, 1.165) is 41.5 Å². The van der Waals surface area contributed by atoms with Gasteiger partial charge in [-0.15, -0.1) is 0 Å². The van der Waals surface area contributed by atoms with Crippen LogP contribution < -0.4 is 5.32 Å². The molecule has 35 heavy (non-hydrogen) atoms. The SMILES string of the molecule is CC(O)c1cccc(CN(C)C(=O)c2ccc(C[C@@H]3CC[C@H]([C@H](O)c4ccc(Cl)nc4)N3)cc2)c1. The van der Waals surface area contributed by atoms with E-state index in [4.69, 9.17) is 11.6 Å². The molecule has 6 nitrogen and oxygen atoms in total. The zero-order chi connectivity index (χ0) is 24.9. The second-order valence-corrected chi connectivity index (χ2v) is 9.78. The smallest absolute Gasteiger partial charge is 0.253 e. The van der Waals surface area contributed by atoms with E-state index in [-0.39, 0.29) is 18.0 Å². The first-order valence-electron chi connectivity index (χ1n) is 12.0. The first-order valence-corrected chi connectivity index (χ1v) is 12.3. The Labute approximate surface area is 211 Å². The molecule has 0 radical (unpaired) electrons. The maximum Gasteiger partial charge on any atom is 0.253 e. The molecule has 184 valence electrons. The Balaban J connectivity index is 1.31. The Morgan fingerprint density at radius 2 is 1.86 bits per heavy atom. The van der Waals surface area contributed by atoms with Crippen molar-refractivity contribution >= 4 is 17.5 Å². The molecule has 1 aliphatic rings. The minimum Gasteiger partial charge on any atom is -0.389 e. The van der Waals surface area contributed by atoms with Crippen LogP contribution in [0.5, 0.6) is 0 Å². The highest BCUT2D eigenvalue weighted by atomic mass is 35.5. The number of nitrogens with zero attached hydrogens (tertiary/aromatic N) is 2. The highest BCUT2D eigenvalue weighted by molar-refractivity contribution is 6.29. The lowest BCUT2D eigenvalue weighted by Gasteiger charge is -2.20. The summed E-state index contributed by atoms with van der Waals surface area (Å²) in [5.74, 6) is -0.0437. The van der Waals surface area contributed by atoms with Gasteiger partial charge >= 0.3 is 0 Å². The van der Waals surface area contributed by atoms with Crippen molar-refractivity contribution in [3.8, 4) is 0 Å². The van der Waals surface area contributed by atoms with Crippen molar-refractivity contribution in [2.45, 2.75) is 57.0 Å². The van der Waals surface area contributed by atoms with E-state index in [1.165, 1.54) is 0 Å². The molecule has 0 aliphatic carbocycles. The Morgan fingerprint density at radius 3 is 2.54 bits per heavy atom. The minimum absolute atomic E-state index is 0.0233.